The molecule has 1 N–H and O–H groups in total. The summed E-state index contributed by atoms with van der Waals surface area (Å²) >= 11 is -4.06. The Kier molecular flexibility index (Phi) is 2.55. The van der Waals surface area contributed by atoms with Crippen LogP contribution in [0.15, 0.2) is 0 Å². The van der Waals surface area contributed by atoms with Crippen molar-refractivity contribution in [2.75, 3.05) is 0 Å². The molecular formula is CHF3O3Se. The van der Waals surface area contributed by atoms with E-state index < -0.39 is 20.9 Å². The average Bonchev–Trinajstić information content (AvgIpc) is 1.21. The van der Waals surface area contributed by atoms with Crippen molar-refractivity contribution in [2.45, 2.75) is 6.36 Å². The summed E-state index contributed by atoms with van der Waals surface area (Å²) in [5.41, 5.74) is 0. The molecule has 1 atom stereocenters. The standard InChI is InChI=1S/CHF3O3Se/c2-1(3,4)7-8(5)6/h(H,5,6). The van der Waals surface area contributed by atoms with Crippen molar-refractivity contribution in [3.8, 4) is 0 Å². The Morgan fingerprint density at radius 2 is 1.88 bits per heavy atom. The molecule has 0 aliphatic carbocycles. The van der Waals surface area contributed by atoms with Crippen LogP contribution in [0, 0.1) is 0 Å². The van der Waals surface area contributed by atoms with E-state index in [0.29, 0.717) is 0 Å². The third kappa shape index (κ3) is 6.03. The third-order valence-electron chi connectivity index (χ3n) is 0.166. The van der Waals surface area contributed by atoms with Crippen molar-refractivity contribution in [3.63, 3.8) is 0 Å². The number of alkyl halides is 3. The molecule has 0 radical (unpaired) electrons. The average molecular weight is 197 g/mol. The SMILES string of the molecule is O=[Se](O)OC(F)(F)F. The van der Waals surface area contributed by atoms with Gasteiger partial charge in [-0.3, -0.25) is 0 Å². The molecule has 0 aliphatic rings. The van der Waals surface area contributed by atoms with Crippen molar-refractivity contribution in [2.24, 2.45) is 0 Å². The second kappa shape index (κ2) is 2.54. The van der Waals surface area contributed by atoms with Crippen LogP contribution in [-0.2, 0) is 7.65 Å². The van der Waals surface area contributed by atoms with Gasteiger partial charge in [0.15, 0.2) is 0 Å². The van der Waals surface area contributed by atoms with Crippen LogP contribution in [0.2, 0.25) is 0 Å². The van der Waals surface area contributed by atoms with Gasteiger partial charge in [-0.25, -0.2) is 0 Å². The number of hydrogen-bond acceptors (Lipinski definition) is 2. The summed E-state index contributed by atoms with van der Waals surface area (Å²) in [6, 6.07) is 0. The van der Waals surface area contributed by atoms with Gasteiger partial charge in [0.2, 0.25) is 0 Å². The van der Waals surface area contributed by atoms with Gasteiger partial charge in [0.1, 0.15) is 0 Å². The zero-order valence-electron chi connectivity index (χ0n) is 3.31. The fourth-order valence-corrected chi connectivity index (χ4v) is 0.420. The summed E-state index contributed by atoms with van der Waals surface area (Å²) < 4.78 is 51.6. The van der Waals surface area contributed by atoms with Crippen LogP contribution in [0.3, 0.4) is 0 Å². The van der Waals surface area contributed by atoms with Gasteiger partial charge >= 0.3 is 45.9 Å². The Morgan fingerprint density at radius 3 is 1.88 bits per heavy atom. The molecule has 0 aliphatic heterocycles. The molecule has 3 nitrogen and oxygen atoms in total. The van der Waals surface area contributed by atoms with Crippen LogP contribution < -0.4 is 0 Å². The fraction of sp³-hybridized carbons (Fsp3) is 1.00. The first-order chi connectivity index (χ1) is 3.42. The Hall–Kier alpha value is 0.0295. The van der Waals surface area contributed by atoms with Crippen LogP contribution >= 0.6 is 0 Å². The maximum atomic E-state index is 10.8. The van der Waals surface area contributed by atoms with Gasteiger partial charge in [-0.2, -0.15) is 0 Å². The predicted molar refractivity (Wildman–Crippen MR) is 15.8 cm³/mol. The Balaban J connectivity index is 3.55. The van der Waals surface area contributed by atoms with Gasteiger partial charge < -0.3 is 0 Å². The first-order valence-electron chi connectivity index (χ1n) is 1.29. The van der Waals surface area contributed by atoms with E-state index in [1.165, 1.54) is 0 Å². The van der Waals surface area contributed by atoms with E-state index in [-0.39, 0.29) is 0 Å². The molecule has 50 valence electrons. The van der Waals surface area contributed by atoms with E-state index >= 15 is 0 Å². The Bertz CT molecular complexity index is 97.2. The van der Waals surface area contributed by atoms with Gasteiger partial charge in [-0.05, 0) is 0 Å². The van der Waals surface area contributed by atoms with E-state index in [1.54, 1.807) is 0 Å². The molecule has 8 heavy (non-hydrogen) atoms. The van der Waals surface area contributed by atoms with Crippen molar-refractivity contribution in [3.05, 3.63) is 0 Å². The summed E-state index contributed by atoms with van der Waals surface area (Å²) in [6.45, 7) is 0. The maximum absolute atomic E-state index is 10.8. The summed E-state index contributed by atoms with van der Waals surface area (Å²) in [5.74, 6) is 0. The van der Waals surface area contributed by atoms with Crippen molar-refractivity contribution >= 4 is 14.5 Å². The first-order valence-corrected chi connectivity index (χ1v) is 3.45. The molecular weight excluding hydrogens is 196 g/mol. The molecule has 1 unspecified atom stereocenters. The van der Waals surface area contributed by atoms with Gasteiger partial charge in [0.05, 0.1) is 0 Å². The topological polar surface area (TPSA) is 46.5 Å². The number of rotatable bonds is 1. The third-order valence-corrected chi connectivity index (χ3v) is 0.861. The molecule has 0 spiro atoms. The van der Waals surface area contributed by atoms with Crippen molar-refractivity contribution in [1.82, 2.24) is 0 Å². The van der Waals surface area contributed by atoms with E-state index in [2.05, 4.69) is 3.82 Å². The molecule has 0 amide bonds. The van der Waals surface area contributed by atoms with Gasteiger partial charge in [-0.15, -0.1) is 0 Å². The second-order valence-corrected chi connectivity index (χ2v) is 2.01. The second-order valence-electron chi connectivity index (χ2n) is 0.746. The summed E-state index contributed by atoms with van der Waals surface area (Å²) in [4.78, 5) is 0. The van der Waals surface area contributed by atoms with Crippen LogP contribution in [0.4, 0.5) is 13.2 Å². The van der Waals surface area contributed by atoms with Crippen LogP contribution in [0.1, 0.15) is 0 Å². The van der Waals surface area contributed by atoms with Crippen LogP contribution in [0.25, 0.3) is 0 Å². The molecule has 0 rings (SSSR count). The summed E-state index contributed by atoms with van der Waals surface area (Å²) in [6.07, 6.45) is -4.98. The molecule has 0 aromatic carbocycles. The van der Waals surface area contributed by atoms with E-state index in [4.69, 9.17) is 4.19 Å². The van der Waals surface area contributed by atoms with E-state index in [9.17, 15) is 17.0 Å². The van der Waals surface area contributed by atoms with E-state index in [1.807, 2.05) is 0 Å². The van der Waals surface area contributed by atoms with Gasteiger partial charge in [0.25, 0.3) is 0 Å². The van der Waals surface area contributed by atoms with Crippen LogP contribution in [0.5, 0.6) is 0 Å². The summed E-state index contributed by atoms with van der Waals surface area (Å²) in [5, 5.41) is 0. The molecule has 0 saturated carbocycles. The Morgan fingerprint density at radius 1 is 1.50 bits per heavy atom. The molecule has 0 heterocycles. The quantitative estimate of drug-likeness (QED) is 0.598. The van der Waals surface area contributed by atoms with Gasteiger partial charge in [0, 0.05) is 0 Å². The Labute approximate surface area is 46.8 Å². The minimum absolute atomic E-state index is 2.56. The monoisotopic (exact) mass is 198 g/mol. The van der Waals surface area contributed by atoms with Crippen molar-refractivity contribution < 1.29 is 25.0 Å². The van der Waals surface area contributed by atoms with E-state index in [0.717, 1.165) is 0 Å². The van der Waals surface area contributed by atoms with Crippen LogP contribution in [-0.4, -0.2) is 25.0 Å². The molecule has 0 bridgehead atoms. The molecule has 0 fully saturated rings. The molecule has 0 aromatic heterocycles. The first kappa shape index (κ1) is 8.03. The van der Waals surface area contributed by atoms with Gasteiger partial charge in [-0.1, -0.05) is 0 Å². The molecule has 7 heteroatoms. The molecule has 0 aromatic rings. The zero-order valence-corrected chi connectivity index (χ0v) is 5.02. The minimum atomic E-state index is -4.98. The van der Waals surface area contributed by atoms with Crippen molar-refractivity contribution in [1.29, 1.82) is 0 Å². The normalized spacial score (nSPS) is 16.0. The fourth-order valence-electron chi connectivity index (χ4n) is 0.0808. The summed E-state index contributed by atoms with van der Waals surface area (Å²) in [7, 11) is 0. The zero-order chi connectivity index (χ0) is 6.78. The predicted octanol–water partition coefficient (Wildman–Crippen LogP) is -0.0695. The molecule has 0 saturated heterocycles. The number of hydrogen-bond donors (Lipinski definition) is 1. The number of halogens is 3.